The minimum atomic E-state index is -3.94. The zero-order valence-corrected chi connectivity index (χ0v) is 17.9. The van der Waals surface area contributed by atoms with E-state index in [1.165, 1.54) is 37.4 Å². The van der Waals surface area contributed by atoms with E-state index in [1.807, 2.05) is 0 Å². The molecular formula is C19H15F2N5O4S2. The molecule has 0 bridgehead atoms. The van der Waals surface area contributed by atoms with Crippen molar-refractivity contribution in [3.63, 3.8) is 0 Å². The molecule has 1 amide bonds. The third kappa shape index (κ3) is 5.70. The van der Waals surface area contributed by atoms with Crippen molar-refractivity contribution < 1.29 is 26.7 Å². The van der Waals surface area contributed by atoms with Crippen molar-refractivity contribution in [2.75, 3.05) is 17.1 Å². The lowest BCUT2D eigenvalue weighted by Gasteiger charge is -2.11. The molecule has 3 aromatic rings. The van der Waals surface area contributed by atoms with E-state index >= 15 is 0 Å². The van der Waals surface area contributed by atoms with Gasteiger partial charge in [-0.2, -0.15) is 0 Å². The van der Waals surface area contributed by atoms with Gasteiger partial charge in [0.1, 0.15) is 12.1 Å². The summed E-state index contributed by atoms with van der Waals surface area (Å²) in [5, 5.41) is 4.88. The minimum Gasteiger partial charge on any atom is -0.481 e. The quantitative estimate of drug-likeness (QED) is 0.462. The van der Waals surface area contributed by atoms with Gasteiger partial charge in [0, 0.05) is 17.3 Å². The Morgan fingerprint density at radius 1 is 1.03 bits per heavy atom. The van der Waals surface area contributed by atoms with Crippen molar-refractivity contribution >= 4 is 44.8 Å². The molecule has 9 nitrogen and oxygen atoms in total. The highest BCUT2D eigenvalue weighted by molar-refractivity contribution is 7.92. The lowest BCUT2D eigenvalue weighted by molar-refractivity contribution is 0.0977. The van der Waals surface area contributed by atoms with Crippen molar-refractivity contribution in [3.8, 4) is 5.88 Å². The first kappa shape index (κ1) is 23.0. The molecule has 0 saturated carbocycles. The topological polar surface area (TPSA) is 122 Å². The van der Waals surface area contributed by atoms with E-state index in [2.05, 4.69) is 25.3 Å². The molecular weight excluding hydrogens is 464 g/mol. The Hall–Kier alpha value is -3.71. The van der Waals surface area contributed by atoms with E-state index in [4.69, 9.17) is 17.0 Å². The van der Waals surface area contributed by atoms with E-state index in [0.717, 1.165) is 24.5 Å². The average molecular weight is 479 g/mol. The molecule has 3 N–H and O–H groups in total. The number of aromatic nitrogens is 2. The second-order valence-electron chi connectivity index (χ2n) is 6.11. The van der Waals surface area contributed by atoms with E-state index in [9.17, 15) is 22.0 Å². The predicted molar refractivity (Wildman–Crippen MR) is 116 cm³/mol. The van der Waals surface area contributed by atoms with Gasteiger partial charge in [-0.15, -0.1) is 0 Å². The summed E-state index contributed by atoms with van der Waals surface area (Å²) in [6, 6.07) is 9.46. The SMILES string of the molecule is COc1cc(NS(=O)(=O)c2ccc(NC(=S)NC(=O)c3ccc(F)c(F)c3)cc2)ncn1. The lowest BCUT2D eigenvalue weighted by Crippen LogP contribution is -2.34. The van der Waals surface area contributed by atoms with Gasteiger partial charge in [-0.05, 0) is 54.7 Å². The van der Waals surface area contributed by atoms with Crippen LogP contribution in [0.15, 0.2) is 59.8 Å². The zero-order valence-electron chi connectivity index (χ0n) is 16.3. The number of amides is 1. The number of benzene rings is 2. The fraction of sp³-hybridized carbons (Fsp3) is 0.0526. The lowest BCUT2D eigenvalue weighted by atomic mass is 10.2. The van der Waals surface area contributed by atoms with E-state index in [1.54, 1.807) is 0 Å². The Morgan fingerprint density at radius 2 is 1.75 bits per heavy atom. The molecule has 2 aromatic carbocycles. The Kier molecular flexibility index (Phi) is 6.90. The number of sulfonamides is 1. The summed E-state index contributed by atoms with van der Waals surface area (Å²) in [4.78, 5) is 19.6. The number of anilines is 2. The number of ether oxygens (including phenoxy) is 1. The normalized spacial score (nSPS) is 10.8. The van der Waals surface area contributed by atoms with Gasteiger partial charge < -0.3 is 10.1 Å². The molecule has 0 radical (unpaired) electrons. The Bertz CT molecular complexity index is 1270. The molecule has 0 spiro atoms. The van der Waals surface area contributed by atoms with Crippen LogP contribution in [0.3, 0.4) is 0 Å². The standard InChI is InChI=1S/C19H15F2N5O4S2/c1-30-17-9-16(22-10-23-17)26-32(28,29)13-5-3-12(4-6-13)24-19(31)25-18(27)11-2-7-14(20)15(21)8-11/h2-10H,1H3,(H,22,23,26)(H2,24,25,27,31). The Balaban J connectivity index is 1.63. The van der Waals surface area contributed by atoms with Gasteiger partial charge in [-0.25, -0.2) is 27.2 Å². The monoisotopic (exact) mass is 479 g/mol. The predicted octanol–water partition coefficient (Wildman–Crippen LogP) is 2.69. The van der Waals surface area contributed by atoms with Gasteiger partial charge in [-0.1, -0.05) is 0 Å². The maximum absolute atomic E-state index is 13.3. The molecule has 0 unspecified atom stereocenters. The molecule has 0 aliphatic rings. The van der Waals surface area contributed by atoms with Crippen molar-refractivity contribution in [2.45, 2.75) is 4.90 Å². The second-order valence-corrected chi connectivity index (χ2v) is 8.20. The number of carbonyl (C=O) groups is 1. The van der Waals surface area contributed by atoms with Gasteiger partial charge in [0.05, 0.1) is 12.0 Å². The van der Waals surface area contributed by atoms with E-state index in [-0.39, 0.29) is 27.3 Å². The third-order valence-corrected chi connectivity index (χ3v) is 5.50. The molecule has 1 heterocycles. The highest BCUT2D eigenvalue weighted by Crippen LogP contribution is 2.19. The van der Waals surface area contributed by atoms with Gasteiger partial charge in [-0.3, -0.25) is 14.8 Å². The first-order valence-electron chi connectivity index (χ1n) is 8.74. The number of carbonyl (C=O) groups excluding carboxylic acids is 1. The second kappa shape index (κ2) is 9.62. The smallest absolute Gasteiger partial charge is 0.263 e. The number of hydrogen-bond donors (Lipinski definition) is 3. The summed E-state index contributed by atoms with van der Waals surface area (Å²) in [6.45, 7) is 0. The number of nitrogens with zero attached hydrogens (tertiary/aromatic N) is 2. The largest absolute Gasteiger partial charge is 0.481 e. The van der Waals surface area contributed by atoms with Crippen LogP contribution in [0.4, 0.5) is 20.3 Å². The fourth-order valence-corrected chi connectivity index (χ4v) is 3.61. The Morgan fingerprint density at radius 3 is 2.41 bits per heavy atom. The summed E-state index contributed by atoms with van der Waals surface area (Å²) in [7, 11) is -2.55. The molecule has 0 aliphatic carbocycles. The van der Waals surface area contributed by atoms with Crippen molar-refractivity contribution in [1.82, 2.24) is 15.3 Å². The van der Waals surface area contributed by atoms with Crippen LogP contribution in [0.2, 0.25) is 0 Å². The summed E-state index contributed by atoms with van der Waals surface area (Å²) in [5.41, 5.74) is 0.255. The molecule has 0 atom stereocenters. The van der Waals surface area contributed by atoms with Crippen LogP contribution in [0.25, 0.3) is 0 Å². The first-order valence-corrected chi connectivity index (χ1v) is 10.6. The molecule has 0 fully saturated rings. The van der Waals surface area contributed by atoms with Crippen LogP contribution in [0.5, 0.6) is 5.88 Å². The molecule has 0 saturated heterocycles. The molecule has 166 valence electrons. The number of rotatable bonds is 6. The Labute approximate surface area is 186 Å². The number of methoxy groups -OCH3 is 1. The number of halogens is 2. The van der Waals surface area contributed by atoms with Crippen LogP contribution in [0.1, 0.15) is 10.4 Å². The minimum absolute atomic E-state index is 0.0279. The summed E-state index contributed by atoms with van der Waals surface area (Å²) in [6.07, 6.45) is 1.15. The molecule has 0 aliphatic heterocycles. The maximum Gasteiger partial charge on any atom is 0.263 e. The maximum atomic E-state index is 13.3. The number of nitrogens with one attached hydrogen (secondary N) is 3. The summed E-state index contributed by atoms with van der Waals surface area (Å²) in [5.74, 6) is -2.77. The number of thiocarbonyl (C=S) groups is 1. The van der Waals surface area contributed by atoms with Gasteiger partial charge >= 0.3 is 0 Å². The van der Waals surface area contributed by atoms with Crippen LogP contribution < -0.4 is 20.1 Å². The first-order chi connectivity index (χ1) is 15.2. The molecule has 32 heavy (non-hydrogen) atoms. The molecule has 13 heteroatoms. The van der Waals surface area contributed by atoms with Crippen LogP contribution in [0, 0.1) is 11.6 Å². The highest BCUT2D eigenvalue weighted by Gasteiger charge is 2.16. The van der Waals surface area contributed by atoms with Crippen LogP contribution >= 0.6 is 12.2 Å². The van der Waals surface area contributed by atoms with Crippen molar-refractivity contribution in [2.24, 2.45) is 0 Å². The summed E-state index contributed by atoms with van der Waals surface area (Å²) < 4.78 is 58.5. The highest BCUT2D eigenvalue weighted by atomic mass is 32.2. The number of hydrogen-bond acceptors (Lipinski definition) is 7. The van der Waals surface area contributed by atoms with Crippen LogP contribution in [-0.2, 0) is 10.0 Å². The van der Waals surface area contributed by atoms with Crippen molar-refractivity contribution in [3.05, 3.63) is 72.1 Å². The molecule has 1 aromatic heterocycles. The zero-order chi connectivity index (χ0) is 23.3. The third-order valence-electron chi connectivity index (χ3n) is 3.92. The van der Waals surface area contributed by atoms with Crippen LogP contribution in [-0.4, -0.2) is 36.5 Å². The van der Waals surface area contributed by atoms with E-state index < -0.39 is 27.6 Å². The molecule has 3 rings (SSSR count). The van der Waals surface area contributed by atoms with Gasteiger partial charge in [0.2, 0.25) is 5.88 Å². The van der Waals surface area contributed by atoms with Crippen molar-refractivity contribution in [1.29, 1.82) is 0 Å². The van der Waals surface area contributed by atoms with E-state index in [0.29, 0.717) is 5.69 Å². The van der Waals surface area contributed by atoms with Gasteiger partial charge in [0.15, 0.2) is 16.7 Å². The fourth-order valence-electron chi connectivity index (χ4n) is 2.40. The average Bonchev–Trinajstić information content (AvgIpc) is 2.75. The summed E-state index contributed by atoms with van der Waals surface area (Å²) >= 11 is 5.02. The van der Waals surface area contributed by atoms with Gasteiger partial charge in [0.25, 0.3) is 15.9 Å².